The molecule has 0 aliphatic carbocycles. The monoisotopic (exact) mass is 247 g/mol. The normalized spacial score (nSPS) is 14.0. The highest BCUT2D eigenvalue weighted by Gasteiger charge is 2.15. The Hall–Kier alpha value is -1.57. The van der Waals surface area contributed by atoms with Crippen molar-refractivity contribution in [1.29, 1.82) is 5.26 Å². The van der Waals surface area contributed by atoms with Gasteiger partial charge in [0.05, 0.1) is 19.2 Å². The summed E-state index contributed by atoms with van der Waals surface area (Å²) in [6.45, 7) is 2.59. The Labute approximate surface area is 109 Å². The number of nitrogens with zero attached hydrogens (tertiary/aromatic N) is 2. The molecule has 0 fully saturated rings. The quantitative estimate of drug-likeness (QED) is 0.832. The van der Waals surface area contributed by atoms with Crippen molar-refractivity contribution in [2.24, 2.45) is 0 Å². The van der Waals surface area contributed by atoms with Crippen LogP contribution in [-0.4, -0.2) is 38.7 Å². The van der Waals surface area contributed by atoms with E-state index in [1.165, 1.54) is 5.56 Å². The largest absolute Gasteiger partial charge is 0.497 e. The van der Waals surface area contributed by atoms with Gasteiger partial charge in [-0.05, 0) is 38.7 Å². The molecule has 18 heavy (non-hydrogen) atoms. The van der Waals surface area contributed by atoms with Gasteiger partial charge in [-0.25, -0.2) is 0 Å². The van der Waals surface area contributed by atoms with Gasteiger partial charge in [0.25, 0.3) is 0 Å². The lowest BCUT2D eigenvalue weighted by Crippen LogP contribution is -2.35. The number of methoxy groups -OCH3 is 1. The minimum Gasteiger partial charge on any atom is -0.497 e. The summed E-state index contributed by atoms with van der Waals surface area (Å²) < 4.78 is 5.24. The lowest BCUT2D eigenvalue weighted by Gasteiger charge is -2.26. The summed E-state index contributed by atoms with van der Waals surface area (Å²) in [7, 11) is 5.73. The van der Waals surface area contributed by atoms with Gasteiger partial charge in [0.15, 0.2) is 0 Å². The zero-order valence-electron chi connectivity index (χ0n) is 11.5. The maximum Gasteiger partial charge on any atom is 0.119 e. The molecule has 0 aromatic heterocycles. The van der Waals surface area contributed by atoms with Crippen molar-refractivity contribution in [2.45, 2.75) is 19.0 Å². The molecule has 0 radical (unpaired) electrons. The molecule has 0 aliphatic rings. The van der Waals surface area contributed by atoms with Crippen molar-refractivity contribution in [1.82, 2.24) is 10.2 Å². The van der Waals surface area contributed by atoms with Crippen LogP contribution in [0.4, 0.5) is 0 Å². The van der Waals surface area contributed by atoms with E-state index in [-0.39, 0.29) is 12.1 Å². The van der Waals surface area contributed by atoms with Crippen LogP contribution in [-0.2, 0) is 0 Å². The van der Waals surface area contributed by atoms with Gasteiger partial charge in [0.2, 0.25) is 0 Å². The number of hydrogen-bond acceptors (Lipinski definition) is 4. The summed E-state index contributed by atoms with van der Waals surface area (Å²) in [5.41, 5.74) is 1.18. The molecule has 0 spiro atoms. The molecule has 0 aliphatic heterocycles. The maximum atomic E-state index is 8.79. The van der Waals surface area contributed by atoms with E-state index in [2.05, 4.69) is 22.4 Å². The van der Waals surface area contributed by atoms with E-state index < -0.39 is 0 Å². The van der Waals surface area contributed by atoms with Crippen molar-refractivity contribution >= 4 is 0 Å². The molecule has 0 heterocycles. The van der Waals surface area contributed by atoms with Crippen molar-refractivity contribution in [2.75, 3.05) is 27.7 Å². The predicted molar refractivity (Wildman–Crippen MR) is 72.5 cm³/mol. The molecule has 1 aromatic carbocycles. The first-order valence-corrected chi connectivity index (χ1v) is 6.02. The van der Waals surface area contributed by atoms with Gasteiger partial charge < -0.3 is 15.0 Å². The summed E-state index contributed by atoms with van der Waals surface area (Å²) in [6.07, 6.45) is 0. The van der Waals surface area contributed by atoms with Gasteiger partial charge in [-0.15, -0.1) is 0 Å². The lowest BCUT2D eigenvalue weighted by molar-refractivity contribution is 0.285. The first kappa shape index (κ1) is 14.5. The van der Waals surface area contributed by atoms with Gasteiger partial charge in [-0.2, -0.15) is 5.26 Å². The maximum absolute atomic E-state index is 8.79. The zero-order valence-corrected chi connectivity index (χ0v) is 11.5. The minimum absolute atomic E-state index is 0.141. The summed E-state index contributed by atoms with van der Waals surface area (Å²) in [4.78, 5) is 2.13. The second-order valence-electron chi connectivity index (χ2n) is 4.52. The molecule has 1 N–H and O–H groups in total. The van der Waals surface area contributed by atoms with E-state index in [0.29, 0.717) is 0 Å². The van der Waals surface area contributed by atoms with Crippen LogP contribution in [0.5, 0.6) is 5.75 Å². The van der Waals surface area contributed by atoms with Crippen molar-refractivity contribution in [3.8, 4) is 11.8 Å². The van der Waals surface area contributed by atoms with Crippen molar-refractivity contribution in [3.05, 3.63) is 29.8 Å². The van der Waals surface area contributed by atoms with Crippen LogP contribution in [0, 0.1) is 11.3 Å². The second-order valence-corrected chi connectivity index (χ2v) is 4.52. The number of hydrogen-bond donors (Lipinski definition) is 1. The molecule has 0 saturated carbocycles. The number of nitrogens with one attached hydrogen (secondary N) is 1. The predicted octanol–water partition coefficient (Wildman–Crippen LogP) is 1.80. The van der Waals surface area contributed by atoms with Crippen molar-refractivity contribution < 1.29 is 4.74 Å². The molecule has 4 nitrogen and oxygen atoms in total. The van der Waals surface area contributed by atoms with Gasteiger partial charge in [-0.3, -0.25) is 0 Å². The highest BCUT2D eigenvalue weighted by molar-refractivity contribution is 5.30. The summed E-state index contributed by atoms with van der Waals surface area (Å²) in [5.74, 6) is 0.854. The van der Waals surface area contributed by atoms with Gasteiger partial charge in [0, 0.05) is 12.6 Å². The van der Waals surface area contributed by atoms with E-state index in [4.69, 9.17) is 10.00 Å². The van der Waals surface area contributed by atoms with Crippen LogP contribution >= 0.6 is 0 Å². The van der Waals surface area contributed by atoms with Crippen LogP contribution < -0.4 is 10.1 Å². The third kappa shape index (κ3) is 4.02. The Morgan fingerprint density at radius 2 is 2.17 bits per heavy atom. The van der Waals surface area contributed by atoms with E-state index >= 15 is 0 Å². The van der Waals surface area contributed by atoms with E-state index in [9.17, 15) is 0 Å². The molecule has 1 aromatic rings. The highest BCUT2D eigenvalue weighted by atomic mass is 16.5. The molecule has 0 saturated heterocycles. The molecule has 2 atom stereocenters. The molecular weight excluding hydrogens is 226 g/mol. The molecule has 2 unspecified atom stereocenters. The fourth-order valence-electron chi connectivity index (χ4n) is 1.78. The molecule has 1 rings (SSSR count). The van der Waals surface area contributed by atoms with Crippen LogP contribution in [0.2, 0.25) is 0 Å². The molecule has 0 bridgehead atoms. The third-order valence-electron chi connectivity index (χ3n) is 2.91. The Balaban J connectivity index is 2.81. The number of benzene rings is 1. The Morgan fingerprint density at radius 3 is 2.72 bits per heavy atom. The average molecular weight is 247 g/mol. The van der Waals surface area contributed by atoms with Gasteiger partial charge in [-0.1, -0.05) is 12.1 Å². The summed E-state index contributed by atoms with van der Waals surface area (Å²) in [5, 5.41) is 12.0. The summed E-state index contributed by atoms with van der Waals surface area (Å²) >= 11 is 0. The summed E-state index contributed by atoms with van der Waals surface area (Å²) in [6, 6.07) is 10.3. The van der Waals surface area contributed by atoms with Crippen molar-refractivity contribution in [3.63, 3.8) is 0 Å². The molecular formula is C14H21N3O. The Bertz CT molecular complexity index is 412. The number of ether oxygens (including phenoxy) is 1. The Morgan fingerprint density at radius 1 is 1.44 bits per heavy atom. The van der Waals surface area contributed by atoms with Crippen LogP contribution in [0.3, 0.4) is 0 Å². The second kappa shape index (κ2) is 7.00. The highest BCUT2D eigenvalue weighted by Crippen LogP contribution is 2.22. The number of nitriles is 1. The average Bonchev–Trinajstić information content (AvgIpc) is 2.38. The van der Waals surface area contributed by atoms with Crippen LogP contribution in [0.1, 0.15) is 18.5 Å². The fourth-order valence-corrected chi connectivity index (χ4v) is 1.78. The van der Waals surface area contributed by atoms with E-state index in [1.807, 2.05) is 39.2 Å². The van der Waals surface area contributed by atoms with Gasteiger partial charge in [0.1, 0.15) is 5.75 Å². The van der Waals surface area contributed by atoms with Crippen LogP contribution in [0.15, 0.2) is 24.3 Å². The smallest absolute Gasteiger partial charge is 0.119 e. The van der Waals surface area contributed by atoms with Crippen LogP contribution in [0.25, 0.3) is 0 Å². The van der Waals surface area contributed by atoms with E-state index in [0.717, 1.165) is 12.3 Å². The number of rotatable bonds is 6. The zero-order chi connectivity index (χ0) is 13.5. The number of likely N-dealkylation sites (N-methyl/N-ethyl adjacent to an activating group) is 1. The lowest BCUT2D eigenvalue weighted by atomic mass is 10.1. The van der Waals surface area contributed by atoms with Gasteiger partial charge >= 0.3 is 0 Å². The third-order valence-corrected chi connectivity index (χ3v) is 2.91. The van der Waals surface area contributed by atoms with E-state index in [1.54, 1.807) is 7.11 Å². The Kier molecular flexibility index (Phi) is 5.63. The minimum atomic E-state index is -0.141. The topological polar surface area (TPSA) is 48.3 Å². The standard InChI is InChI=1S/C14H21N3O/c1-11(9-15)16-10-14(17(2)3)12-6-5-7-13(8-12)18-4/h5-8,11,14,16H,10H2,1-4H3. The fraction of sp³-hybridized carbons (Fsp3) is 0.500. The first-order valence-electron chi connectivity index (χ1n) is 6.02. The molecule has 0 amide bonds. The SMILES string of the molecule is COc1cccc(C(CNC(C)C#N)N(C)C)c1. The first-order chi connectivity index (χ1) is 8.58. The molecule has 4 heteroatoms. The molecule has 98 valence electrons.